The first-order chi connectivity index (χ1) is 46.8. The van der Waals surface area contributed by atoms with Gasteiger partial charge in [-0.05, 0) is 70.6 Å². The molecule has 1 amide bonds. The van der Waals surface area contributed by atoms with Gasteiger partial charge in [0.25, 0.3) is 0 Å². The number of carbonyl (C=O) groups excluding carboxylic acids is 1. The van der Waals surface area contributed by atoms with Crippen LogP contribution in [0.4, 0.5) is 0 Å². The molecule has 0 spiro atoms. The molecule has 0 bridgehead atoms. The number of aliphatic hydroxyl groups excluding tert-OH is 11. The van der Waals surface area contributed by atoms with E-state index in [4.69, 9.17) is 28.4 Å². The van der Waals surface area contributed by atoms with Gasteiger partial charge in [0.05, 0.1) is 38.6 Å². The van der Waals surface area contributed by atoms with Crippen molar-refractivity contribution in [3.8, 4) is 0 Å². The van der Waals surface area contributed by atoms with Crippen LogP contribution in [0.15, 0.2) is 85.1 Å². The van der Waals surface area contributed by atoms with Crippen molar-refractivity contribution < 1.29 is 89.4 Å². The Morgan fingerprint density at radius 2 is 0.719 bits per heavy atom. The molecule has 3 rings (SSSR count). The number of aliphatic hydroxyl groups is 11. The van der Waals surface area contributed by atoms with Crippen LogP contribution in [0.3, 0.4) is 0 Å². The summed E-state index contributed by atoms with van der Waals surface area (Å²) < 4.78 is 34.5. The highest BCUT2D eigenvalue weighted by Crippen LogP contribution is 2.33. The van der Waals surface area contributed by atoms with Crippen molar-refractivity contribution >= 4 is 5.91 Å². The second kappa shape index (κ2) is 57.6. The van der Waals surface area contributed by atoms with Gasteiger partial charge in [0.15, 0.2) is 18.9 Å². The molecule has 96 heavy (non-hydrogen) atoms. The molecule has 17 unspecified atom stereocenters. The molecule has 12 N–H and O–H groups in total. The summed E-state index contributed by atoms with van der Waals surface area (Å²) in [6.07, 6.45) is 48.0. The van der Waals surface area contributed by atoms with E-state index in [1.54, 1.807) is 0 Å². The summed E-state index contributed by atoms with van der Waals surface area (Å²) in [5.41, 5.74) is 0. The van der Waals surface area contributed by atoms with Crippen molar-refractivity contribution in [2.45, 2.75) is 369 Å². The molecule has 3 aliphatic heterocycles. The standard InChI is InChI=1S/C77H135NO18/c1-3-5-7-9-11-13-15-17-19-21-23-24-25-26-27-28-29-30-31-32-33-34-35-36-37-39-41-43-45-47-49-51-53-55-65(83)78-60(61(82)54-52-50-48-46-44-42-40-38-22-20-18-16-14-12-10-8-6-4-2)59-91-75-71(89)68(86)73(63(57-80)93-75)96-77-72(90)69(87)74(64(58-81)94-77)95-76-70(88)67(85)66(84)62(56-79)92-76/h5,7,11,13,17,19,23-24,26-27,29-30,32-33,60-64,66-77,79-82,84-90H,3-4,6,8-10,12,14-16,18,20-22,25,28,31,34-59H2,1-2H3,(H,78,83)/b7-5-,13-11-,19-17-,24-23-,27-26-,30-29-,33-32-. The predicted molar refractivity (Wildman–Crippen MR) is 378 cm³/mol. The molecular weight excluding hydrogens is 1230 g/mol. The second-order valence-electron chi connectivity index (χ2n) is 26.7. The lowest BCUT2D eigenvalue weighted by atomic mass is 9.96. The van der Waals surface area contributed by atoms with Crippen LogP contribution in [0.1, 0.15) is 264 Å². The lowest BCUT2D eigenvalue weighted by molar-refractivity contribution is -0.379. The zero-order chi connectivity index (χ0) is 69.6. The third-order valence-electron chi connectivity index (χ3n) is 18.5. The number of unbranched alkanes of at least 4 members (excludes halogenated alkanes) is 28. The molecule has 0 radical (unpaired) electrons. The number of nitrogens with one attached hydrogen (secondary N) is 1. The number of carbonyl (C=O) groups is 1. The minimum absolute atomic E-state index is 0.247. The third kappa shape index (κ3) is 38.1. The SMILES string of the molecule is CC/C=C\C/C=C\C/C=C\C/C=C\C/C=C\C/C=C\C/C=C\CCCCCCCCCCCCCC(=O)NC(COC1OC(CO)C(OC2OC(CO)C(OC3OC(CO)C(O)C(O)C3O)C(O)C2O)C(O)C1O)C(O)CCCCCCCCCCCCCCCCCCCC. The Morgan fingerprint density at radius 1 is 0.385 bits per heavy atom. The van der Waals surface area contributed by atoms with E-state index in [1.165, 1.54) is 135 Å². The van der Waals surface area contributed by atoms with Crippen LogP contribution in [0.25, 0.3) is 0 Å². The maximum atomic E-state index is 13.5. The Bertz CT molecular complexity index is 2070. The van der Waals surface area contributed by atoms with Crippen LogP contribution in [0.5, 0.6) is 0 Å². The number of amides is 1. The highest BCUT2D eigenvalue weighted by molar-refractivity contribution is 5.76. The van der Waals surface area contributed by atoms with Gasteiger partial charge in [-0.15, -0.1) is 0 Å². The molecule has 0 aromatic carbocycles. The molecule has 17 atom stereocenters. The zero-order valence-corrected chi connectivity index (χ0v) is 59.1. The van der Waals surface area contributed by atoms with Gasteiger partial charge in [-0.1, -0.05) is 272 Å². The highest BCUT2D eigenvalue weighted by atomic mass is 16.8. The van der Waals surface area contributed by atoms with Crippen molar-refractivity contribution in [3.63, 3.8) is 0 Å². The summed E-state index contributed by atoms with van der Waals surface area (Å²) >= 11 is 0. The maximum absolute atomic E-state index is 13.5. The molecule has 556 valence electrons. The van der Waals surface area contributed by atoms with Crippen LogP contribution in [0, 0.1) is 0 Å². The van der Waals surface area contributed by atoms with E-state index in [9.17, 15) is 61.0 Å². The highest BCUT2D eigenvalue weighted by Gasteiger charge is 2.53. The van der Waals surface area contributed by atoms with E-state index in [0.29, 0.717) is 12.8 Å². The van der Waals surface area contributed by atoms with Gasteiger partial charge in [0.2, 0.25) is 5.91 Å². The Balaban J connectivity index is 1.37. The summed E-state index contributed by atoms with van der Waals surface area (Å²) in [6.45, 7) is 1.70. The lowest BCUT2D eigenvalue weighted by Gasteiger charge is -2.48. The average Bonchev–Trinajstić information content (AvgIpc) is 0.787. The summed E-state index contributed by atoms with van der Waals surface area (Å²) in [6, 6.07) is -0.894. The number of rotatable bonds is 58. The number of allylic oxidation sites excluding steroid dienone is 14. The van der Waals surface area contributed by atoms with Gasteiger partial charge in [-0.2, -0.15) is 0 Å². The molecule has 19 heteroatoms. The lowest BCUT2D eigenvalue weighted by Crippen LogP contribution is -2.66. The fraction of sp³-hybridized carbons (Fsp3) is 0.805. The van der Waals surface area contributed by atoms with Gasteiger partial charge in [0.1, 0.15) is 73.2 Å². The van der Waals surface area contributed by atoms with E-state index >= 15 is 0 Å². The molecular formula is C77H135NO18. The molecule has 0 aliphatic carbocycles. The molecule has 3 aliphatic rings. The quantitative estimate of drug-likeness (QED) is 0.0199. The van der Waals surface area contributed by atoms with Crippen LogP contribution < -0.4 is 5.32 Å². The molecule has 3 saturated heterocycles. The van der Waals surface area contributed by atoms with E-state index < -0.39 is 124 Å². The van der Waals surface area contributed by atoms with E-state index in [1.807, 2.05) is 0 Å². The monoisotopic (exact) mass is 1360 g/mol. The smallest absolute Gasteiger partial charge is 0.220 e. The summed E-state index contributed by atoms with van der Waals surface area (Å²) in [5, 5.41) is 121. The largest absolute Gasteiger partial charge is 0.394 e. The van der Waals surface area contributed by atoms with Crippen LogP contribution in [0.2, 0.25) is 0 Å². The molecule has 3 fully saturated rings. The summed E-state index contributed by atoms with van der Waals surface area (Å²) in [5.74, 6) is -0.247. The van der Waals surface area contributed by atoms with Gasteiger partial charge in [-0.3, -0.25) is 4.79 Å². The summed E-state index contributed by atoms with van der Waals surface area (Å²) in [7, 11) is 0. The topological polar surface area (TPSA) is 307 Å². The first kappa shape index (κ1) is 87.2. The second-order valence-corrected chi connectivity index (χ2v) is 26.7. The van der Waals surface area contributed by atoms with Crippen molar-refractivity contribution in [1.29, 1.82) is 0 Å². The van der Waals surface area contributed by atoms with E-state index in [-0.39, 0.29) is 18.9 Å². The minimum Gasteiger partial charge on any atom is -0.394 e. The van der Waals surface area contributed by atoms with Gasteiger partial charge in [-0.25, -0.2) is 0 Å². The number of hydrogen-bond acceptors (Lipinski definition) is 18. The van der Waals surface area contributed by atoms with E-state index in [2.05, 4.69) is 104 Å². The van der Waals surface area contributed by atoms with Crippen molar-refractivity contribution in [3.05, 3.63) is 85.1 Å². The average molecular weight is 1360 g/mol. The molecule has 3 heterocycles. The van der Waals surface area contributed by atoms with Crippen molar-refractivity contribution in [1.82, 2.24) is 5.32 Å². The Labute approximate surface area is 578 Å². The number of ether oxygens (including phenoxy) is 6. The normalized spacial score (nSPS) is 27.5. The minimum atomic E-state index is -1.98. The fourth-order valence-electron chi connectivity index (χ4n) is 12.4. The van der Waals surface area contributed by atoms with Gasteiger partial charge >= 0.3 is 0 Å². The molecule has 0 aromatic rings. The number of hydrogen-bond donors (Lipinski definition) is 12. The van der Waals surface area contributed by atoms with Gasteiger partial charge < -0.3 is 89.9 Å². The Morgan fingerprint density at radius 3 is 1.12 bits per heavy atom. The van der Waals surface area contributed by atoms with E-state index in [0.717, 1.165) is 96.3 Å². The maximum Gasteiger partial charge on any atom is 0.220 e. The fourth-order valence-corrected chi connectivity index (χ4v) is 12.4. The first-order valence-corrected chi connectivity index (χ1v) is 37.8. The molecule has 0 saturated carbocycles. The Kier molecular flexibility index (Phi) is 52.3. The van der Waals surface area contributed by atoms with Gasteiger partial charge in [0, 0.05) is 6.42 Å². The third-order valence-corrected chi connectivity index (χ3v) is 18.5. The summed E-state index contributed by atoms with van der Waals surface area (Å²) in [4.78, 5) is 13.5. The molecule has 0 aromatic heterocycles. The predicted octanol–water partition coefficient (Wildman–Crippen LogP) is 11.4. The van der Waals surface area contributed by atoms with Crippen LogP contribution >= 0.6 is 0 Å². The zero-order valence-electron chi connectivity index (χ0n) is 59.1. The van der Waals surface area contributed by atoms with Crippen molar-refractivity contribution in [2.75, 3.05) is 26.4 Å². The Hall–Kier alpha value is -3.03. The molecule has 19 nitrogen and oxygen atoms in total. The van der Waals surface area contributed by atoms with Crippen molar-refractivity contribution in [2.24, 2.45) is 0 Å². The van der Waals surface area contributed by atoms with Crippen LogP contribution in [-0.2, 0) is 33.2 Å². The van der Waals surface area contributed by atoms with Crippen LogP contribution in [-0.4, -0.2) is 193 Å². The first-order valence-electron chi connectivity index (χ1n) is 37.8.